The van der Waals surface area contributed by atoms with Gasteiger partial charge in [-0.2, -0.15) is 0 Å². The number of hydrogen-bond acceptors (Lipinski definition) is 10. The summed E-state index contributed by atoms with van der Waals surface area (Å²) in [5.74, 6) is -0.776. The van der Waals surface area contributed by atoms with Crippen molar-refractivity contribution >= 4 is 11.9 Å². The highest BCUT2D eigenvalue weighted by molar-refractivity contribution is 5.89. The van der Waals surface area contributed by atoms with Gasteiger partial charge < -0.3 is 37.9 Å². The van der Waals surface area contributed by atoms with Gasteiger partial charge in [0.1, 0.15) is 13.2 Å². The van der Waals surface area contributed by atoms with Gasteiger partial charge in [-0.3, -0.25) is 0 Å². The van der Waals surface area contributed by atoms with Crippen LogP contribution in [0.2, 0.25) is 0 Å². The van der Waals surface area contributed by atoms with Gasteiger partial charge in [0.2, 0.25) is 0 Å². The average Bonchev–Trinajstić information content (AvgIpc) is 2.87. The Hall–Kier alpha value is -2.34. The van der Waals surface area contributed by atoms with E-state index in [4.69, 9.17) is 37.9 Å². The van der Waals surface area contributed by atoms with Crippen LogP contribution in [0.25, 0.3) is 0 Å². The first-order chi connectivity index (χ1) is 17.1. The van der Waals surface area contributed by atoms with Crippen LogP contribution in [0.5, 0.6) is 0 Å². The topological polar surface area (TPSA) is 108 Å². The molecular formula is C25H38O10. The van der Waals surface area contributed by atoms with Crippen LogP contribution in [-0.2, 0) is 42.7 Å². The third kappa shape index (κ3) is 18.6. The van der Waals surface area contributed by atoms with E-state index in [0.717, 1.165) is 0 Å². The zero-order valence-corrected chi connectivity index (χ0v) is 20.6. The van der Waals surface area contributed by atoms with E-state index in [0.29, 0.717) is 90.4 Å². The Labute approximate surface area is 207 Å². The van der Waals surface area contributed by atoms with Gasteiger partial charge in [-0.25, -0.2) is 9.59 Å². The molecule has 1 aromatic rings. The molecule has 198 valence electrons. The summed E-state index contributed by atoms with van der Waals surface area (Å²) in [6.45, 7) is 10.6. The van der Waals surface area contributed by atoms with Crippen LogP contribution in [0.15, 0.2) is 42.5 Å². The third-order valence-electron chi connectivity index (χ3n) is 4.14. The smallest absolute Gasteiger partial charge is 0.338 e. The number of benzene rings is 1. The first kappa shape index (κ1) is 30.7. The summed E-state index contributed by atoms with van der Waals surface area (Å²) < 4.78 is 42.2. The third-order valence-corrected chi connectivity index (χ3v) is 4.14. The van der Waals surface area contributed by atoms with Crippen molar-refractivity contribution < 1.29 is 47.5 Å². The maximum atomic E-state index is 11.7. The van der Waals surface area contributed by atoms with E-state index in [1.54, 1.807) is 31.2 Å². The number of carbonyl (C=O) groups excluding carboxylic acids is 2. The van der Waals surface area contributed by atoms with E-state index < -0.39 is 5.97 Å². The molecule has 0 N–H and O–H groups in total. The molecular weight excluding hydrogens is 460 g/mol. The fourth-order valence-corrected chi connectivity index (χ4v) is 2.37. The highest BCUT2D eigenvalue weighted by Crippen LogP contribution is 2.00. The normalized spacial score (nSPS) is 10.8. The lowest BCUT2D eigenvalue weighted by atomic mass is 10.2. The summed E-state index contributed by atoms with van der Waals surface area (Å²) in [5.41, 5.74) is 0.889. The van der Waals surface area contributed by atoms with Crippen molar-refractivity contribution in [2.75, 3.05) is 92.5 Å². The average molecular weight is 499 g/mol. The zero-order chi connectivity index (χ0) is 25.4. The highest BCUT2D eigenvalue weighted by atomic mass is 16.6. The van der Waals surface area contributed by atoms with E-state index in [1.165, 1.54) is 0 Å². The van der Waals surface area contributed by atoms with Gasteiger partial charge >= 0.3 is 11.9 Å². The molecule has 0 radical (unpaired) electrons. The molecule has 0 unspecified atom stereocenters. The monoisotopic (exact) mass is 498 g/mol. The number of carbonyl (C=O) groups is 2. The Bertz CT molecular complexity index is 680. The van der Waals surface area contributed by atoms with Crippen LogP contribution in [0.3, 0.4) is 0 Å². The first-order valence-corrected chi connectivity index (χ1v) is 11.6. The number of hydrogen-bond donors (Lipinski definition) is 0. The lowest BCUT2D eigenvalue weighted by Crippen LogP contribution is -2.15. The van der Waals surface area contributed by atoms with Crippen LogP contribution in [0, 0.1) is 0 Å². The van der Waals surface area contributed by atoms with Crippen molar-refractivity contribution in [2.45, 2.75) is 6.92 Å². The Morgan fingerprint density at radius 2 is 0.914 bits per heavy atom. The fraction of sp³-hybridized carbons (Fsp3) is 0.600. The number of rotatable bonds is 23. The quantitative estimate of drug-likeness (QED) is 0.126. The maximum absolute atomic E-state index is 11.7. The van der Waals surface area contributed by atoms with E-state index in [1.807, 2.05) is 6.07 Å². The minimum Gasteiger partial charge on any atom is -0.460 e. The second-order valence-electron chi connectivity index (χ2n) is 7.09. The Kier molecular flexibility index (Phi) is 19.4. The van der Waals surface area contributed by atoms with Crippen LogP contribution < -0.4 is 0 Å². The Morgan fingerprint density at radius 3 is 1.29 bits per heavy atom. The summed E-state index contributed by atoms with van der Waals surface area (Å²) in [6, 6.07) is 8.82. The molecule has 0 amide bonds. The van der Waals surface area contributed by atoms with Gasteiger partial charge in [-0.1, -0.05) is 24.8 Å². The van der Waals surface area contributed by atoms with Crippen LogP contribution in [-0.4, -0.2) is 104 Å². The molecule has 0 aliphatic carbocycles. The van der Waals surface area contributed by atoms with Crippen molar-refractivity contribution in [3.63, 3.8) is 0 Å². The number of esters is 2. The molecule has 1 rings (SSSR count). The molecule has 0 saturated heterocycles. The second kappa shape index (κ2) is 22.1. The summed E-state index contributed by atoms with van der Waals surface area (Å²) in [7, 11) is 0. The molecule has 0 heterocycles. The molecule has 0 aromatic heterocycles. The maximum Gasteiger partial charge on any atom is 0.338 e. The summed E-state index contributed by atoms with van der Waals surface area (Å²) in [6.07, 6.45) is 0. The Morgan fingerprint density at radius 1 is 0.571 bits per heavy atom. The predicted octanol–water partition coefficient (Wildman–Crippen LogP) is 2.06. The largest absolute Gasteiger partial charge is 0.460 e. The van der Waals surface area contributed by atoms with E-state index in [2.05, 4.69) is 6.58 Å². The lowest BCUT2D eigenvalue weighted by Gasteiger charge is -2.08. The summed E-state index contributed by atoms with van der Waals surface area (Å²) in [5, 5.41) is 0. The van der Waals surface area contributed by atoms with Crippen LogP contribution in [0.4, 0.5) is 0 Å². The molecule has 0 bridgehead atoms. The van der Waals surface area contributed by atoms with E-state index in [9.17, 15) is 9.59 Å². The second-order valence-corrected chi connectivity index (χ2v) is 7.09. The summed E-state index contributed by atoms with van der Waals surface area (Å²) in [4.78, 5) is 22.9. The molecule has 10 heteroatoms. The standard InChI is InChI=1S/C25H38O10/c1-22(2)24(26)34-20-18-32-16-14-30-12-10-28-8-9-29-11-13-31-15-17-33-19-21-35-25(27)23-6-4-3-5-7-23/h3-7H,1,8-21H2,2H3. The molecule has 0 atom stereocenters. The van der Waals surface area contributed by atoms with E-state index >= 15 is 0 Å². The van der Waals surface area contributed by atoms with Crippen LogP contribution in [0.1, 0.15) is 17.3 Å². The molecule has 10 nitrogen and oxygen atoms in total. The van der Waals surface area contributed by atoms with Crippen LogP contribution >= 0.6 is 0 Å². The minimum absolute atomic E-state index is 0.196. The van der Waals surface area contributed by atoms with Gasteiger partial charge in [0, 0.05) is 5.57 Å². The van der Waals surface area contributed by atoms with Crippen molar-refractivity contribution in [1.29, 1.82) is 0 Å². The molecule has 0 saturated carbocycles. The number of ether oxygens (including phenoxy) is 8. The molecule has 0 aliphatic rings. The molecule has 0 fully saturated rings. The van der Waals surface area contributed by atoms with Crippen molar-refractivity contribution in [2.24, 2.45) is 0 Å². The minimum atomic E-state index is -0.416. The Balaban J connectivity index is 1.71. The van der Waals surface area contributed by atoms with Gasteiger partial charge in [-0.15, -0.1) is 0 Å². The molecule has 0 aliphatic heterocycles. The van der Waals surface area contributed by atoms with Crippen molar-refractivity contribution in [1.82, 2.24) is 0 Å². The lowest BCUT2D eigenvalue weighted by molar-refractivity contribution is -0.140. The zero-order valence-electron chi connectivity index (χ0n) is 20.6. The first-order valence-electron chi connectivity index (χ1n) is 11.6. The molecule has 0 spiro atoms. The van der Waals surface area contributed by atoms with E-state index in [-0.39, 0.29) is 19.2 Å². The fourth-order valence-electron chi connectivity index (χ4n) is 2.37. The van der Waals surface area contributed by atoms with Gasteiger partial charge in [0.25, 0.3) is 0 Å². The van der Waals surface area contributed by atoms with Gasteiger partial charge in [-0.05, 0) is 19.1 Å². The highest BCUT2D eigenvalue weighted by Gasteiger charge is 2.05. The predicted molar refractivity (Wildman–Crippen MR) is 127 cm³/mol. The summed E-state index contributed by atoms with van der Waals surface area (Å²) >= 11 is 0. The SMILES string of the molecule is C=C(C)C(=O)OCCOCCOCCOCCOCCOCCOCCOC(=O)c1ccccc1. The van der Waals surface area contributed by atoms with Gasteiger partial charge in [0.05, 0.1) is 84.8 Å². The van der Waals surface area contributed by atoms with Crippen molar-refractivity contribution in [3.8, 4) is 0 Å². The van der Waals surface area contributed by atoms with Gasteiger partial charge in [0.15, 0.2) is 0 Å². The molecule has 35 heavy (non-hydrogen) atoms. The van der Waals surface area contributed by atoms with Crippen molar-refractivity contribution in [3.05, 3.63) is 48.0 Å². The molecule has 1 aromatic carbocycles.